The van der Waals surface area contributed by atoms with Gasteiger partial charge in [0.25, 0.3) is 0 Å². The summed E-state index contributed by atoms with van der Waals surface area (Å²) in [7, 11) is 0. The quantitative estimate of drug-likeness (QED) is 0.867. The topological polar surface area (TPSA) is 46.3 Å². The summed E-state index contributed by atoms with van der Waals surface area (Å²) in [5, 5.41) is 0. The second kappa shape index (κ2) is 6.84. The predicted molar refractivity (Wildman–Crippen MR) is 85.4 cm³/mol. The second-order valence-corrected chi connectivity index (χ2v) is 5.88. The maximum absolute atomic E-state index is 12.2. The molecule has 4 heteroatoms. The van der Waals surface area contributed by atoms with Crippen LogP contribution in [0.15, 0.2) is 24.3 Å². The van der Waals surface area contributed by atoms with Crippen LogP contribution in [0.25, 0.3) is 0 Å². The zero-order valence-corrected chi connectivity index (χ0v) is 12.8. The summed E-state index contributed by atoms with van der Waals surface area (Å²) in [5.74, 6) is 0.925. The number of hydrogen-bond donors (Lipinski definition) is 1. The van der Waals surface area contributed by atoms with E-state index in [-0.39, 0.29) is 5.91 Å². The zero-order valence-electron chi connectivity index (χ0n) is 12.0. The Kier molecular flexibility index (Phi) is 5.12. The minimum Gasteiger partial charge on any atom is -0.389 e. The van der Waals surface area contributed by atoms with Gasteiger partial charge in [-0.05, 0) is 24.3 Å². The maximum atomic E-state index is 12.2. The Morgan fingerprint density at radius 3 is 2.85 bits per heavy atom. The molecule has 0 bridgehead atoms. The van der Waals surface area contributed by atoms with E-state index in [2.05, 4.69) is 6.92 Å². The van der Waals surface area contributed by atoms with E-state index in [1.807, 2.05) is 29.2 Å². The van der Waals surface area contributed by atoms with E-state index in [0.29, 0.717) is 23.9 Å². The number of carbonyl (C=O) groups excluding carboxylic acids is 1. The molecule has 0 aliphatic carbocycles. The number of thiocarbonyl (C=S) groups is 1. The molecule has 1 heterocycles. The van der Waals surface area contributed by atoms with Crippen molar-refractivity contribution in [1.29, 1.82) is 0 Å². The monoisotopic (exact) mass is 290 g/mol. The lowest BCUT2D eigenvalue weighted by Gasteiger charge is -2.22. The van der Waals surface area contributed by atoms with E-state index < -0.39 is 0 Å². The Bertz CT molecular complexity index is 501. The van der Waals surface area contributed by atoms with Gasteiger partial charge in [0.05, 0.1) is 0 Å². The molecule has 0 radical (unpaired) electrons. The van der Waals surface area contributed by atoms with Gasteiger partial charge in [0, 0.05) is 25.1 Å². The Balaban J connectivity index is 2.13. The summed E-state index contributed by atoms with van der Waals surface area (Å²) in [6.45, 7) is 3.65. The third-order valence-corrected chi connectivity index (χ3v) is 4.37. The van der Waals surface area contributed by atoms with Crippen molar-refractivity contribution in [1.82, 2.24) is 4.90 Å². The summed E-state index contributed by atoms with van der Waals surface area (Å²) in [6, 6.07) is 7.82. The molecule has 1 atom stereocenters. The number of nitrogens with zero attached hydrogens (tertiary/aromatic N) is 1. The molecule has 108 valence electrons. The van der Waals surface area contributed by atoms with Gasteiger partial charge in [-0.3, -0.25) is 4.79 Å². The van der Waals surface area contributed by atoms with Crippen molar-refractivity contribution < 1.29 is 4.79 Å². The van der Waals surface area contributed by atoms with Gasteiger partial charge in [0.2, 0.25) is 5.91 Å². The molecule has 0 spiro atoms. The maximum Gasteiger partial charge on any atom is 0.222 e. The Morgan fingerprint density at radius 2 is 2.15 bits per heavy atom. The standard InChI is InChI=1S/C16H22N2OS/c1-2-12-7-8-15(19)18(10-9-12)11-13-5-3-4-6-14(13)16(17)20/h3-6,12H,2,7-11H2,1H3,(H2,17,20). The molecule has 1 aliphatic rings. The largest absolute Gasteiger partial charge is 0.389 e. The molecule has 3 nitrogen and oxygen atoms in total. The van der Waals surface area contributed by atoms with Crippen LogP contribution in [0.5, 0.6) is 0 Å². The summed E-state index contributed by atoms with van der Waals surface area (Å²) >= 11 is 5.09. The third-order valence-electron chi connectivity index (χ3n) is 4.15. The predicted octanol–water partition coefficient (Wildman–Crippen LogP) is 2.86. The molecule has 2 N–H and O–H groups in total. The fourth-order valence-corrected chi connectivity index (χ4v) is 2.97. The van der Waals surface area contributed by atoms with E-state index in [1.54, 1.807) is 0 Å². The van der Waals surface area contributed by atoms with Gasteiger partial charge in [-0.2, -0.15) is 0 Å². The lowest BCUT2D eigenvalue weighted by Crippen LogP contribution is -2.30. The smallest absolute Gasteiger partial charge is 0.222 e. The number of nitrogens with two attached hydrogens (primary N) is 1. The van der Waals surface area contributed by atoms with Crippen LogP contribution in [0.2, 0.25) is 0 Å². The SMILES string of the molecule is CCC1CCC(=O)N(Cc2ccccc2C(N)=S)CC1. The summed E-state index contributed by atoms with van der Waals surface area (Å²) in [6.07, 6.45) is 3.93. The van der Waals surface area contributed by atoms with E-state index in [0.717, 1.165) is 36.9 Å². The number of benzene rings is 1. The summed E-state index contributed by atoms with van der Waals surface area (Å²) < 4.78 is 0. The molecule has 1 saturated heterocycles. The van der Waals surface area contributed by atoms with E-state index >= 15 is 0 Å². The average molecular weight is 290 g/mol. The van der Waals surface area contributed by atoms with Gasteiger partial charge in [0.1, 0.15) is 4.99 Å². The van der Waals surface area contributed by atoms with Crippen LogP contribution in [-0.2, 0) is 11.3 Å². The van der Waals surface area contributed by atoms with Gasteiger partial charge < -0.3 is 10.6 Å². The van der Waals surface area contributed by atoms with Crippen LogP contribution in [0.1, 0.15) is 43.7 Å². The zero-order chi connectivity index (χ0) is 14.5. The van der Waals surface area contributed by atoms with Crippen LogP contribution in [0.4, 0.5) is 0 Å². The molecule has 0 saturated carbocycles. The average Bonchev–Trinajstić information content (AvgIpc) is 2.62. The fourth-order valence-electron chi connectivity index (χ4n) is 2.77. The van der Waals surface area contributed by atoms with Gasteiger partial charge in [-0.25, -0.2) is 0 Å². The minimum atomic E-state index is 0.249. The molecule has 1 aromatic rings. The molecule has 1 amide bonds. The number of hydrogen-bond acceptors (Lipinski definition) is 2. The van der Waals surface area contributed by atoms with Crippen molar-refractivity contribution in [3.8, 4) is 0 Å². The summed E-state index contributed by atoms with van der Waals surface area (Å²) in [4.78, 5) is 14.6. The van der Waals surface area contributed by atoms with Gasteiger partial charge in [-0.15, -0.1) is 0 Å². The number of rotatable bonds is 4. The van der Waals surface area contributed by atoms with E-state index in [1.165, 1.54) is 0 Å². The molecule has 1 aliphatic heterocycles. The first kappa shape index (κ1) is 15.0. The van der Waals surface area contributed by atoms with Crippen LogP contribution >= 0.6 is 12.2 Å². The van der Waals surface area contributed by atoms with Crippen LogP contribution in [0, 0.1) is 5.92 Å². The Morgan fingerprint density at radius 1 is 1.40 bits per heavy atom. The molecule has 1 fully saturated rings. The Hall–Kier alpha value is -1.42. The van der Waals surface area contributed by atoms with Crippen molar-refractivity contribution in [3.63, 3.8) is 0 Å². The lowest BCUT2D eigenvalue weighted by molar-refractivity contribution is -0.131. The van der Waals surface area contributed by atoms with Crippen LogP contribution in [0.3, 0.4) is 0 Å². The van der Waals surface area contributed by atoms with Crippen molar-refractivity contribution in [2.75, 3.05) is 6.54 Å². The third kappa shape index (κ3) is 3.57. The van der Waals surface area contributed by atoms with Crippen LogP contribution < -0.4 is 5.73 Å². The Labute approximate surface area is 126 Å². The second-order valence-electron chi connectivity index (χ2n) is 5.44. The highest BCUT2D eigenvalue weighted by Crippen LogP contribution is 2.23. The summed E-state index contributed by atoms with van der Waals surface area (Å²) in [5.41, 5.74) is 7.68. The van der Waals surface area contributed by atoms with Crippen molar-refractivity contribution in [2.24, 2.45) is 11.7 Å². The molecule has 0 aromatic heterocycles. The van der Waals surface area contributed by atoms with E-state index in [4.69, 9.17) is 18.0 Å². The number of carbonyl (C=O) groups is 1. The number of amides is 1. The van der Waals surface area contributed by atoms with Crippen molar-refractivity contribution in [2.45, 2.75) is 39.2 Å². The molecular weight excluding hydrogens is 268 g/mol. The normalized spacial score (nSPS) is 19.8. The molecule has 20 heavy (non-hydrogen) atoms. The first-order chi connectivity index (χ1) is 9.61. The van der Waals surface area contributed by atoms with E-state index in [9.17, 15) is 4.79 Å². The van der Waals surface area contributed by atoms with Crippen LogP contribution in [-0.4, -0.2) is 22.3 Å². The van der Waals surface area contributed by atoms with Crippen molar-refractivity contribution >= 4 is 23.1 Å². The molecule has 1 aromatic carbocycles. The minimum absolute atomic E-state index is 0.249. The fraction of sp³-hybridized carbons (Fsp3) is 0.500. The van der Waals surface area contributed by atoms with Gasteiger partial charge >= 0.3 is 0 Å². The highest BCUT2D eigenvalue weighted by molar-refractivity contribution is 7.80. The molecule has 2 rings (SSSR count). The number of likely N-dealkylation sites (tertiary alicyclic amines) is 1. The highest BCUT2D eigenvalue weighted by atomic mass is 32.1. The first-order valence-electron chi connectivity index (χ1n) is 7.27. The lowest BCUT2D eigenvalue weighted by atomic mass is 9.98. The highest BCUT2D eigenvalue weighted by Gasteiger charge is 2.22. The molecule has 1 unspecified atom stereocenters. The van der Waals surface area contributed by atoms with Gasteiger partial charge in [-0.1, -0.05) is 49.8 Å². The van der Waals surface area contributed by atoms with Gasteiger partial charge in [0.15, 0.2) is 0 Å². The molecular formula is C16H22N2OS. The first-order valence-corrected chi connectivity index (χ1v) is 7.68. The van der Waals surface area contributed by atoms with Crippen molar-refractivity contribution in [3.05, 3.63) is 35.4 Å².